The molecule has 0 heterocycles. The van der Waals surface area contributed by atoms with E-state index in [1.54, 1.807) is 24.3 Å². The van der Waals surface area contributed by atoms with Crippen molar-refractivity contribution in [2.75, 3.05) is 0 Å². The molecule has 0 radical (unpaired) electrons. The van der Waals surface area contributed by atoms with E-state index >= 15 is 0 Å². The monoisotopic (exact) mass is 312 g/mol. The predicted octanol–water partition coefficient (Wildman–Crippen LogP) is 3.88. The van der Waals surface area contributed by atoms with Crippen LogP contribution in [0.5, 0.6) is 0 Å². The van der Waals surface area contributed by atoms with E-state index in [1.165, 1.54) is 12.1 Å². The Balaban J connectivity index is 2.35. The van der Waals surface area contributed by atoms with E-state index in [4.69, 9.17) is 0 Å². The highest BCUT2D eigenvalue weighted by Gasteiger charge is 2.48. The van der Waals surface area contributed by atoms with Gasteiger partial charge in [-0.15, -0.1) is 0 Å². The van der Waals surface area contributed by atoms with Crippen molar-refractivity contribution in [2.24, 2.45) is 0 Å². The maximum atomic E-state index is 12.8. The maximum Gasteiger partial charge on any atom is 0.276 e. The van der Waals surface area contributed by atoms with Crippen molar-refractivity contribution < 1.29 is 27.5 Å². The van der Waals surface area contributed by atoms with Gasteiger partial charge in [0.05, 0.1) is 0 Å². The van der Waals surface area contributed by atoms with Gasteiger partial charge >= 0.3 is 0 Å². The summed E-state index contributed by atoms with van der Waals surface area (Å²) >= 11 is 0. The third kappa shape index (κ3) is 2.87. The van der Waals surface area contributed by atoms with E-state index < -0.39 is 24.0 Å². The van der Waals surface area contributed by atoms with Crippen LogP contribution < -0.4 is 0 Å². The minimum absolute atomic E-state index is 0.477. The number of rotatable bonds is 5. The largest absolute Gasteiger partial charge is 0.374 e. The quantitative estimate of drug-likeness (QED) is 0.672. The van der Waals surface area contributed by atoms with Crippen molar-refractivity contribution in [1.29, 1.82) is 0 Å². The Labute approximate surface area is 124 Å². The molecule has 0 aliphatic heterocycles. The van der Waals surface area contributed by atoms with E-state index in [9.17, 15) is 27.5 Å². The van der Waals surface area contributed by atoms with Gasteiger partial charge in [0.1, 0.15) is 6.29 Å². The zero-order chi connectivity index (χ0) is 16.3. The van der Waals surface area contributed by atoms with Crippen LogP contribution in [0.2, 0.25) is 0 Å². The number of halogens is 4. The summed E-state index contributed by atoms with van der Waals surface area (Å²) in [6.45, 7) is 0. The number of hydrogen-bond acceptors (Lipinski definition) is 2. The summed E-state index contributed by atoms with van der Waals surface area (Å²) in [5.41, 5.74) is -2.28. The molecular formula is C16H12F4O2. The van der Waals surface area contributed by atoms with Gasteiger partial charge in [0.25, 0.3) is 12.9 Å². The lowest BCUT2D eigenvalue weighted by molar-refractivity contribution is -0.183. The van der Waals surface area contributed by atoms with Crippen molar-refractivity contribution in [2.45, 2.75) is 18.5 Å². The minimum atomic E-state index is -3.61. The first kappa shape index (κ1) is 16.2. The molecule has 0 aliphatic rings. The van der Waals surface area contributed by atoms with Crippen molar-refractivity contribution >= 4 is 6.29 Å². The van der Waals surface area contributed by atoms with Gasteiger partial charge in [-0.3, -0.25) is 4.79 Å². The Hall–Kier alpha value is -2.21. The smallest absolute Gasteiger partial charge is 0.276 e. The molecule has 2 rings (SSSR count). The lowest BCUT2D eigenvalue weighted by Crippen LogP contribution is -2.41. The second-order valence-corrected chi connectivity index (χ2v) is 4.74. The Morgan fingerprint density at radius 3 is 1.59 bits per heavy atom. The molecule has 6 heteroatoms. The van der Waals surface area contributed by atoms with Crippen molar-refractivity contribution in [3.8, 4) is 11.1 Å². The molecular weight excluding hydrogens is 300 g/mol. The molecule has 0 saturated carbocycles. The van der Waals surface area contributed by atoms with Gasteiger partial charge in [-0.05, 0) is 16.7 Å². The van der Waals surface area contributed by atoms with Gasteiger partial charge < -0.3 is 5.11 Å². The Morgan fingerprint density at radius 2 is 1.23 bits per heavy atom. The highest BCUT2D eigenvalue weighted by molar-refractivity contribution is 5.76. The first-order valence-electron chi connectivity index (χ1n) is 6.34. The molecule has 0 aromatic heterocycles. The molecule has 22 heavy (non-hydrogen) atoms. The average Bonchev–Trinajstić information content (AvgIpc) is 2.54. The number of aldehydes is 1. The number of carbonyl (C=O) groups excluding carboxylic acids is 1. The van der Waals surface area contributed by atoms with Crippen LogP contribution in [-0.4, -0.2) is 24.2 Å². The van der Waals surface area contributed by atoms with Crippen LogP contribution in [0.25, 0.3) is 11.1 Å². The molecule has 1 N–H and O–H groups in total. The summed E-state index contributed by atoms with van der Waals surface area (Å²) in [5.74, 6) is 0. The van der Waals surface area contributed by atoms with Gasteiger partial charge in [-0.2, -0.15) is 0 Å². The SMILES string of the molecule is O=Cc1ccc(-c2ccc(C(O)(C(F)F)C(F)F)cc2)cc1. The molecule has 0 unspecified atom stereocenters. The molecule has 2 aromatic carbocycles. The summed E-state index contributed by atoms with van der Waals surface area (Å²) in [4.78, 5) is 10.6. The van der Waals surface area contributed by atoms with Crippen molar-refractivity contribution in [3.63, 3.8) is 0 Å². The number of aliphatic hydroxyl groups is 1. The zero-order valence-electron chi connectivity index (χ0n) is 11.2. The maximum absolute atomic E-state index is 12.8. The molecule has 0 amide bonds. The highest BCUT2D eigenvalue weighted by atomic mass is 19.3. The predicted molar refractivity (Wildman–Crippen MR) is 73.2 cm³/mol. The molecule has 2 aromatic rings. The highest BCUT2D eigenvalue weighted by Crippen LogP contribution is 2.35. The third-order valence-electron chi connectivity index (χ3n) is 3.39. The molecule has 2 nitrogen and oxygen atoms in total. The van der Waals surface area contributed by atoms with Crippen LogP contribution in [-0.2, 0) is 5.60 Å². The van der Waals surface area contributed by atoms with Crippen LogP contribution in [0.4, 0.5) is 17.6 Å². The summed E-state index contributed by atoms with van der Waals surface area (Å²) in [6.07, 6.45) is -6.53. The first-order valence-corrected chi connectivity index (χ1v) is 6.34. The first-order chi connectivity index (χ1) is 10.4. The second-order valence-electron chi connectivity index (χ2n) is 4.74. The minimum Gasteiger partial charge on any atom is -0.374 e. The Bertz CT molecular complexity index is 628. The number of alkyl halides is 4. The molecule has 0 bridgehead atoms. The van der Waals surface area contributed by atoms with Gasteiger partial charge in [0.15, 0.2) is 0 Å². The van der Waals surface area contributed by atoms with E-state index in [-0.39, 0.29) is 0 Å². The standard InChI is InChI=1S/C16H12F4O2/c17-14(18)16(22,15(19)20)13-7-5-12(6-8-13)11-3-1-10(9-21)2-4-11/h1-9,14-15,22H. The van der Waals surface area contributed by atoms with Gasteiger partial charge in [-0.25, -0.2) is 17.6 Å². The van der Waals surface area contributed by atoms with Crippen molar-refractivity contribution in [1.82, 2.24) is 0 Å². The fourth-order valence-corrected chi connectivity index (χ4v) is 2.03. The Kier molecular flexibility index (Phi) is 4.61. The lowest BCUT2D eigenvalue weighted by atomic mass is 9.92. The molecule has 0 saturated heterocycles. The summed E-state index contributed by atoms with van der Waals surface area (Å²) in [7, 11) is 0. The molecule has 0 atom stereocenters. The third-order valence-corrected chi connectivity index (χ3v) is 3.39. The summed E-state index contributed by atoms with van der Waals surface area (Å²) in [5, 5.41) is 9.53. The Morgan fingerprint density at radius 1 is 0.818 bits per heavy atom. The van der Waals surface area contributed by atoms with Crippen molar-refractivity contribution in [3.05, 3.63) is 59.7 Å². The fraction of sp³-hybridized carbons (Fsp3) is 0.188. The van der Waals surface area contributed by atoms with Crippen LogP contribution in [0.15, 0.2) is 48.5 Å². The molecule has 0 fully saturated rings. The van der Waals surface area contributed by atoms with E-state index in [2.05, 4.69) is 0 Å². The van der Waals surface area contributed by atoms with Crippen LogP contribution in [0.3, 0.4) is 0 Å². The van der Waals surface area contributed by atoms with E-state index in [0.717, 1.165) is 12.1 Å². The topological polar surface area (TPSA) is 37.3 Å². The lowest BCUT2D eigenvalue weighted by Gasteiger charge is -2.26. The van der Waals surface area contributed by atoms with Gasteiger partial charge in [-0.1, -0.05) is 48.5 Å². The molecule has 0 aliphatic carbocycles. The van der Waals surface area contributed by atoms with E-state index in [0.29, 0.717) is 23.0 Å². The summed E-state index contributed by atoms with van der Waals surface area (Å²) in [6, 6.07) is 11.2. The number of carbonyl (C=O) groups is 1. The van der Waals surface area contributed by atoms with E-state index in [1.807, 2.05) is 0 Å². The fourth-order valence-electron chi connectivity index (χ4n) is 2.03. The van der Waals surface area contributed by atoms with Crippen LogP contribution in [0, 0.1) is 0 Å². The van der Waals surface area contributed by atoms with Gasteiger partial charge in [0.2, 0.25) is 5.60 Å². The number of hydrogen-bond donors (Lipinski definition) is 1. The second kappa shape index (κ2) is 6.27. The molecule has 116 valence electrons. The average molecular weight is 312 g/mol. The van der Waals surface area contributed by atoms with Gasteiger partial charge in [0, 0.05) is 5.56 Å². The normalized spacial score (nSPS) is 12.0. The zero-order valence-corrected chi connectivity index (χ0v) is 11.2. The van der Waals surface area contributed by atoms with Crippen LogP contribution in [0.1, 0.15) is 15.9 Å². The molecule has 0 spiro atoms. The number of benzene rings is 2. The summed E-state index contributed by atoms with van der Waals surface area (Å²) < 4.78 is 51.1. The van der Waals surface area contributed by atoms with Crippen LogP contribution >= 0.6 is 0 Å².